The van der Waals surface area contributed by atoms with Crippen LogP contribution in [0.4, 0.5) is 17.1 Å². The Kier molecular flexibility index (Phi) is 3.51. The van der Waals surface area contributed by atoms with Crippen LogP contribution in [0.25, 0.3) is 0 Å². The van der Waals surface area contributed by atoms with Gasteiger partial charge in [-0.15, -0.1) is 0 Å². The van der Waals surface area contributed by atoms with E-state index in [1.807, 2.05) is 12.2 Å². The maximum absolute atomic E-state index is 11.1. The van der Waals surface area contributed by atoms with Crippen molar-refractivity contribution in [2.24, 2.45) is 0 Å². The van der Waals surface area contributed by atoms with Crippen molar-refractivity contribution in [3.05, 3.63) is 59.0 Å². The second-order valence-electron chi connectivity index (χ2n) is 3.82. The third-order valence-electron chi connectivity index (χ3n) is 2.63. The summed E-state index contributed by atoms with van der Waals surface area (Å²) in [7, 11) is 1.47. The van der Waals surface area contributed by atoms with Crippen molar-refractivity contribution in [1.82, 2.24) is 0 Å². The molecule has 0 fully saturated rings. The molecule has 0 radical (unpaired) electrons. The molecule has 0 atom stereocenters. The lowest BCUT2D eigenvalue weighted by Crippen LogP contribution is -2.10. The Bertz CT molecular complexity index is 575. The van der Waals surface area contributed by atoms with Crippen LogP contribution >= 0.6 is 0 Å². The number of nitrogens with zero attached hydrogens (tertiary/aromatic N) is 2. The van der Waals surface area contributed by atoms with Crippen molar-refractivity contribution in [3.8, 4) is 5.75 Å². The number of nitrogens with two attached hydrogens (primary N) is 1. The monoisotopic (exact) mass is 259 g/mol. The number of methoxy groups -OCH3 is 1. The molecule has 0 bridgehead atoms. The summed E-state index contributed by atoms with van der Waals surface area (Å²) >= 11 is 0. The highest BCUT2D eigenvalue weighted by atomic mass is 16.6. The second-order valence-corrected chi connectivity index (χ2v) is 3.82. The molecule has 0 saturated carbocycles. The number of anilines is 2. The van der Waals surface area contributed by atoms with Crippen molar-refractivity contribution in [1.29, 1.82) is 0 Å². The predicted molar refractivity (Wildman–Crippen MR) is 74.0 cm³/mol. The highest BCUT2D eigenvalue weighted by Crippen LogP contribution is 2.37. The highest BCUT2D eigenvalue weighted by molar-refractivity contribution is 5.75. The van der Waals surface area contributed by atoms with E-state index >= 15 is 0 Å². The number of hydrogen-bond donors (Lipinski definition) is 1. The summed E-state index contributed by atoms with van der Waals surface area (Å²) < 4.78 is 5.10. The summed E-state index contributed by atoms with van der Waals surface area (Å²) in [4.78, 5) is 12.3. The zero-order valence-corrected chi connectivity index (χ0v) is 10.3. The number of nitro groups is 1. The fourth-order valence-corrected chi connectivity index (χ4v) is 1.73. The minimum atomic E-state index is -0.467. The van der Waals surface area contributed by atoms with E-state index in [0.717, 1.165) is 0 Å². The van der Waals surface area contributed by atoms with E-state index in [4.69, 9.17) is 10.5 Å². The maximum Gasteiger partial charge on any atom is 0.295 e. The van der Waals surface area contributed by atoms with Crippen molar-refractivity contribution in [2.45, 2.75) is 0 Å². The molecule has 6 nitrogen and oxygen atoms in total. The van der Waals surface area contributed by atoms with Gasteiger partial charge in [-0.25, -0.2) is 0 Å². The normalized spacial score (nSPS) is 13.4. The summed E-state index contributed by atoms with van der Waals surface area (Å²) in [6, 6.07) is 2.85. The first-order valence-corrected chi connectivity index (χ1v) is 5.55. The van der Waals surface area contributed by atoms with Crippen LogP contribution in [0, 0.1) is 10.1 Å². The molecule has 1 aromatic rings. The lowest BCUT2D eigenvalue weighted by Gasteiger charge is -2.16. The van der Waals surface area contributed by atoms with Gasteiger partial charge in [-0.1, -0.05) is 12.2 Å². The van der Waals surface area contributed by atoms with Gasteiger partial charge in [0.1, 0.15) is 11.4 Å². The van der Waals surface area contributed by atoms with Crippen LogP contribution in [0.5, 0.6) is 5.75 Å². The molecule has 0 aliphatic carbocycles. The van der Waals surface area contributed by atoms with E-state index in [9.17, 15) is 10.1 Å². The Hall–Kier alpha value is -2.76. The molecular formula is C13H13N3O3. The number of rotatable bonds is 3. The van der Waals surface area contributed by atoms with Gasteiger partial charge in [0.2, 0.25) is 0 Å². The molecule has 0 spiro atoms. The number of ether oxygens (including phenoxy) is 1. The molecule has 1 heterocycles. The van der Waals surface area contributed by atoms with Crippen LogP contribution in [0.3, 0.4) is 0 Å². The van der Waals surface area contributed by atoms with Crippen LogP contribution in [0.1, 0.15) is 0 Å². The van der Waals surface area contributed by atoms with E-state index in [0.29, 0.717) is 11.4 Å². The average Bonchev–Trinajstić information content (AvgIpc) is 2.67. The van der Waals surface area contributed by atoms with Crippen LogP contribution < -0.4 is 15.4 Å². The second kappa shape index (κ2) is 5.26. The van der Waals surface area contributed by atoms with E-state index in [2.05, 4.69) is 0 Å². The largest absolute Gasteiger partial charge is 0.495 e. The SMILES string of the molecule is COc1cc(N2C=CC=CC=C2)c([N+](=O)[O-])cc1N. The minimum absolute atomic E-state index is 0.0745. The Balaban J connectivity index is 2.56. The van der Waals surface area contributed by atoms with Gasteiger partial charge in [0, 0.05) is 24.5 Å². The van der Waals surface area contributed by atoms with Crippen LogP contribution in [0.15, 0.2) is 48.8 Å². The summed E-state index contributed by atoms with van der Waals surface area (Å²) in [6.45, 7) is 0. The van der Waals surface area contributed by atoms with Crippen molar-refractivity contribution < 1.29 is 9.66 Å². The molecule has 0 amide bonds. The van der Waals surface area contributed by atoms with Crippen LogP contribution in [-0.2, 0) is 0 Å². The first-order valence-electron chi connectivity index (χ1n) is 5.55. The Morgan fingerprint density at radius 1 is 1.21 bits per heavy atom. The standard InChI is InChI=1S/C13H13N3O3/c1-19-13-9-11(12(16(17)18)8-10(13)14)15-6-4-2-3-5-7-15/h2-9H,14H2,1H3. The number of allylic oxidation sites excluding steroid dienone is 4. The fraction of sp³-hybridized carbons (Fsp3) is 0.0769. The van der Waals surface area contributed by atoms with E-state index < -0.39 is 4.92 Å². The third kappa shape index (κ3) is 2.57. The van der Waals surface area contributed by atoms with Gasteiger partial charge in [-0.05, 0) is 12.2 Å². The lowest BCUT2D eigenvalue weighted by atomic mass is 10.2. The minimum Gasteiger partial charge on any atom is -0.495 e. The summed E-state index contributed by atoms with van der Waals surface area (Å²) in [5, 5.41) is 11.1. The smallest absolute Gasteiger partial charge is 0.295 e. The van der Waals surface area contributed by atoms with Gasteiger partial charge in [0.05, 0.1) is 17.7 Å². The van der Waals surface area contributed by atoms with E-state index in [-0.39, 0.29) is 11.4 Å². The van der Waals surface area contributed by atoms with E-state index in [1.54, 1.807) is 35.5 Å². The van der Waals surface area contributed by atoms with E-state index in [1.165, 1.54) is 13.2 Å². The number of hydrogen-bond acceptors (Lipinski definition) is 5. The number of benzene rings is 1. The quantitative estimate of drug-likeness (QED) is 0.512. The number of nitro benzene ring substituents is 1. The van der Waals surface area contributed by atoms with Gasteiger partial charge in [0.25, 0.3) is 5.69 Å². The average molecular weight is 259 g/mol. The van der Waals surface area contributed by atoms with Gasteiger partial charge in [-0.2, -0.15) is 0 Å². The Morgan fingerprint density at radius 3 is 2.37 bits per heavy atom. The van der Waals surface area contributed by atoms with Crippen molar-refractivity contribution in [2.75, 3.05) is 17.7 Å². The third-order valence-corrected chi connectivity index (χ3v) is 2.63. The molecule has 6 heteroatoms. The zero-order valence-electron chi connectivity index (χ0n) is 10.3. The van der Waals surface area contributed by atoms with Crippen molar-refractivity contribution in [3.63, 3.8) is 0 Å². The summed E-state index contributed by atoms with van der Waals surface area (Å²) in [5.74, 6) is 0.402. The summed E-state index contributed by atoms with van der Waals surface area (Å²) in [6.07, 6.45) is 10.7. The lowest BCUT2D eigenvalue weighted by molar-refractivity contribution is -0.384. The highest BCUT2D eigenvalue weighted by Gasteiger charge is 2.20. The fourth-order valence-electron chi connectivity index (χ4n) is 1.73. The first-order chi connectivity index (χ1) is 9.13. The molecule has 1 aliphatic rings. The Labute approximate surface area is 110 Å². The van der Waals surface area contributed by atoms with Gasteiger partial charge < -0.3 is 15.4 Å². The zero-order chi connectivity index (χ0) is 13.8. The molecular weight excluding hydrogens is 246 g/mol. The maximum atomic E-state index is 11.1. The topological polar surface area (TPSA) is 81.6 Å². The first kappa shape index (κ1) is 12.7. The molecule has 1 aromatic carbocycles. The summed E-state index contributed by atoms with van der Waals surface area (Å²) in [5.41, 5.74) is 6.26. The molecule has 0 aromatic heterocycles. The van der Waals surface area contributed by atoms with Crippen molar-refractivity contribution >= 4 is 17.1 Å². The molecule has 1 aliphatic heterocycles. The van der Waals surface area contributed by atoms with Gasteiger partial charge in [-0.3, -0.25) is 10.1 Å². The van der Waals surface area contributed by atoms with Gasteiger partial charge in [0.15, 0.2) is 0 Å². The van der Waals surface area contributed by atoms with Gasteiger partial charge >= 0.3 is 0 Å². The molecule has 98 valence electrons. The number of nitrogen functional groups attached to an aromatic ring is 1. The molecule has 19 heavy (non-hydrogen) atoms. The predicted octanol–water partition coefficient (Wildman–Crippen LogP) is 2.59. The van der Waals surface area contributed by atoms with Crippen LogP contribution in [-0.4, -0.2) is 12.0 Å². The molecule has 0 unspecified atom stereocenters. The van der Waals surface area contributed by atoms with Crippen LogP contribution in [0.2, 0.25) is 0 Å². The molecule has 2 N–H and O–H groups in total. The molecule has 2 rings (SSSR count). The Morgan fingerprint density at radius 2 is 1.84 bits per heavy atom. The molecule has 0 saturated heterocycles.